The number of alkyl carbamates (subject to hydrolysis) is 1. The molecule has 8 nitrogen and oxygen atoms in total. The lowest BCUT2D eigenvalue weighted by Gasteiger charge is -2.35. The summed E-state index contributed by atoms with van der Waals surface area (Å²) in [6, 6.07) is 5.37. The van der Waals surface area contributed by atoms with Gasteiger partial charge in [-0.15, -0.1) is 24.0 Å². The van der Waals surface area contributed by atoms with Gasteiger partial charge in [-0.05, 0) is 45.0 Å². The number of amides is 1. The molecule has 1 saturated heterocycles. The van der Waals surface area contributed by atoms with Crippen molar-refractivity contribution in [3.05, 3.63) is 29.6 Å². The second-order valence-corrected chi connectivity index (χ2v) is 8.49. The van der Waals surface area contributed by atoms with Gasteiger partial charge in [0, 0.05) is 52.9 Å². The smallest absolute Gasteiger partial charge is 0.407 e. The van der Waals surface area contributed by atoms with Crippen LogP contribution in [0.1, 0.15) is 33.3 Å². The van der Waals surface area contributed by atoms with E-state index >= 15 is 0 Å². The van der Waals surface area contributed by atoms with Crippen molar-refractivity contribution >= 4 is 41.7 Å². The number of carbonyl (C=O) groups excluding carboxylic acids is 1. The zero-order chi connectivity index (χ0) is 22.9. The number of likely N-dealkylation sites (N-methyl/N-ethyl adjacent to an activating group) is 1. The molecule has 3 N–H and O–H groups in total. The molecule has 1 fully saturated rings. The molecule has 0 unspecified atom stereocenters. The molecule has 10 heteroatoms. The lowest BCUT2D eigenvalue weighted by atomic mass is 10.1. The number of ether oxygens (including phenoxy) is 1. The second kappa shape index (κ2) is 13.7. The number of carbonyl (C=O) groups is 1. The Labute approximate surface area is 208 Å². The molecule has 1 heterocycles. The van der Waals surface area contributed by atoms with Crippen LogP contribution in [0.3, 0.4) is 0 Å². The third kappa shape index (κ3) is 9.76. The van der Waals surface area contributed by atoms with Crippen molar-refractivity contribution in [3.8, 4) is 0 Å². The normalized spacial score (nSPS) is 15.1. The standard InChI is InChI=1S/C22H37FN6O2.HI/c1-6-28-11-13-29(14-12-28)19-8-7-17(15-18(19)23)16-27-20(24-5)25-9-10-26-21(30)31-22(2,3)4;/h7-8,15H,6,9-14,16H2,1-5H3,(H,26,30)(H2,24,25,27);1H. The molecule has 1 amide bonds. The Balaban J connectivity index is 0.00000512. The molecule has 2 rings (SSSR count). The summed E-state index contributed by atoms with van der Waals surface area (Å²) in [6.45, 7) is 13.6. The van der Waals surface area contributed by atoms with Crippen LogP contribution in [0.25, 0.3) is 0 Å². The van der Waals surface area contributed by atoms with E-state index in [0.29, 0.717) is 31.3 Å². The first-order valence-corrected chi connectivity index (χ1v) is 10.9. The maximum absolute atomic E-state index is 14.7. The summed E-state index contributed by atoms with van der Waals surface area (Å²) >= 11 is 0. The van der Waals surface area contributed by atoms with Crippen LogP contribution in [0.15, 0.2) is 23.2 Å². The fraction of sp³-hybridized carbons (Fsp3) is 0.636. The number of hydrogen-bond donors (Lipinski definition) is 3. The van der Waals surface area contributed by atoms with E-state index in [2.05, 4.69) is 37.7 Å². The molecule has 0 bridgehead atoms. The Bertz CT molecular complexity index is 748. The number of aliphatic imine (C=N–C) groups is 1. The van der Waals surface area contributed by atoms with Crippen molar-refractivity contribution in [3.63, 3.8) is 0 Å². The van der Waals surface area contributed by atoms with Gasteiger partial charge in [0.05, 0.1) is 5.69 Å². The number of rotatable bonds is 7. The number of piperazine rings is 1. The summed E-state index contributed by atoms with van der Waals surface area (Å²) in [4.78, 5) is 20.3. The number of hydrogen-bond acceptors (Lipinski definition) is 5. The van der Waals surface area contributed by atoms with Crippen molar-refractivity contribution in [2.75, 3.05) is 57.8 Å². The maximum Gasteiger partial charge on any atom is 0.407 e. The predicted molar refractivity (Wildman–Crippen MR) is 139 cm³/mol. The minimum absolute atomic E-state index is 0. The van der Waals surface area contributed by atoms with Gasteiger partial charge >= 0.3 is 6.09 Å². The van der Waals surface area contributed by atoms with Gasteiger partial charge in [-0.25, -0.2) is 9.18 Å². The molecular weight excluding hydrogens is 526 g/mol. The average Bonchev–Trinajstić information content (AvgIpc) is 2.72. The lowest BCUT2D eigenvalue weighted by Crippen LogP contribution is -2.46. The lowest BCUT2D eigenvalue weighted by molar-refractivity contribution is 0.0529. The highest BCUT2D eigenvalue weighted by Crippen LogP contribution is 2.22. The van der Waals surface area contributed by atoms with Crippen LogP contribution >= 0.6 is 24.0 Å². The van der Waals surface area contributed by atoms with E-state index in [1.807, 2.05) is 32.9 Å². The molecule has 0 radical (unpaired) electrons. The van der Waals surface area contributed by atoms with E-state index in [0.717, 1.165) is 38.3 Å². The molecule has 32 heavy (non-hydrogen) atoms. The van der Waals surface area contributed by atoms with E-state index < -0.39 is 11.7 Å². The first-order valence-electron chi connectivity index (χ1n) is 10.9. The SMILES string of the molecule is CCN1CCN(c2ccc(CNC(=NC)NCCNC(=O)OC(C)(C)C)cc2F)CC1.I. The zero-order valence-corrected chi connectivity index (χ0v) is 22.2. The highest BCUT2D eigenvalue weighted by molar-refractivity contribution is 14.0. The summed E-state index contributed by atoms with van der Waals surface area (Å²) in [7, 11) is 1.66. The molecule has 1 aromatic carbocycles. The van der Waals surface area contributed by atoms with Gasteiger partial charge in [0.1, 0.15) is 11.4 Å². The van der Waals surface area contributed by atoms with Crippen molar-refractivity contribution in [1.29, 1.82) is 0 Å². The number of anilines is 1. The minimum Gasteiger partial charge on any atom is -0.444 e. The van der Waals surface area contributed by atoms with Gasteiger partial charge in [0.15, 0.2) is 5.96 Å². The monoisotopic (exact) mass is 564 g/mol. The summed E-state index contributed by atoms with van der Waals surface area (Å²) in [5.41, 5.74) is 0.975. The molecule has 1 aliphatic heterocycles. The third-order valence-corrected chi connectivity index (χ3v) is 4.94. The molecule has 0 atom stereocenters. The van der Waals surface area contributed by atoms with Gasteiger partial charge in [-0.1, -0.05) is 13.0 Å². The van der Waals surface area contributed by atoms with Crippen LogP contribution in [0.2, 0.25) is 0 Å². The summed E-state index contributed by atoms with van der Waals surface area (Å²) in [5.74, 6) is 0.375. The Morgan fingerprint density at radius 2 is 1.78 bits per heavy atom. The summed E-state index contributed by atoms with van der Waals surface area (Å²) in [6.07, 6.45) is -0.455. The first-order chi connectivity index (χ1) is 14.7. The number of halogens is 2. The number of guanidine groups is 1. The van der Waals surface area contributed by atoms with Crippen molar-refractivity contribution < 1.29 is 13.9 Å². The van der Waals surface area contributed by atoms with E-state index in [-0.39, 0.29) is 29.8 Å². The predicted octanol–water partition coefficient (Wildman–Crippen LogP) is 2.78. The molecule has 0 aromatic heterocycles. The fourth-order valence-electron chi connectivity index (χ4n) is 3.29. The minimum atomic E-state index is -0.524. The third-order valence-electron chi connectivity index (χ3n) is 4.94. The van der Waals surface area contributed by atoms with E-state index in [1.165, 1.54) is 0 Å². The van der Waals surface area contributed by atoms with Crippen LogP contribution in [0.4, 0.5) is 14.9 Å². The van der Waals surface area contributed by atoms with Crippen LogP contribution < -0.4 is 20.9 Å². The number of benzene rings is 1. The second-order valence-electron chi connectivity index (χ2n) is 8.49. The van der Waals surface area contributed by atoms with Gasteiger partial charge in [-0.2, -0.15) is 0 Å². The topological polar surface area (TPSA) is 81.2 Å². The number of nitrogens with one attached hydrogen (secondary N) is 3. The zero-order valence-electron chi connectivity index (χ0n) is 19.8. The maximum atomic E-state index is 14.7. The van der Waals surface area contributed by atoms with Gasteiger partial charge in [0.2, 0.25) is 0 Å². The molecule has 1 aromatic rings. The van der Waals surface area contributed by atoms with Crippen LogP contribution in [-0.4, -0.2) is 75.4 Å². The van der Waals surface area contributed by atoms with E-state index in [1.54, 1.807) is 13.1 Å². The van der Waals surface area contributed by atoms with Crippen LogP contribution in [-0.2, 0) is 11.3 Å². The van der Waals surface area contributed by atoms with E-state index in [9.17, 15) is 9.18 Å². The largest absolute Gasteiger partial charge is 0.444 e. The van der Waals surface area contributed by atoms with Crippen LogP contribution in [0, 0.1) is 5.82 Å². The molecule has 1 aliphatic rings. The summed E-state index contributed by atoms with van der Waals surface area (Å²) < 4.78 is 19.9. The Morgan fingerprint density at radius 1 is 1.12 bits per heavy atom. The van der Waals surface area contributed by atoms with E-state index in [4.69, 9.17) is 4.74 Å². The van der Waals surface area contributed by atoms with Crippen molar-refractivity contribution in [1.82, 2.24) is 20.9 Å². The molecule has 0 spiro atoms. The number of nitrogens with zero attached hydrogens (tertiary/aromatic N) is 3. The van der Waals surface area contributed by atoms with Gasteiger partial charge in [-0.3, -0.25) is 4.99 Å². The van der Waals surface area contributed by atoms with Gasteiger partial charge < -0.3 is 30.5 Å². The molecule has 182 valence electrons. The fourth-order valence-corrected chi connectivity index (χ4v) is 3.29. The Kier molecular flexibility index (Phi) is 12.0. The molecule has 0 saturated carbocycles. The highest BCUT2D eigenvalue weighted by atomic mass is 127. The van der Waals surface area contributed by atoms with Crippen molar-refractivity contribution in [2.24, 2.45) is 4.99 Å². The van der Waals surface area contributed by atoms with Gasteiger partial charge in [0.25, 0.3) is 0 Å². The average molecular weight is 564 g/mol. The van der Waals surface area contributed by atoms with Crippen molar-refractivity contribution in [2.45, 2.75) is 39.8 Å². The highest BCUT2D eigenvalue weighted by Gasteiger charge is 2.19. The molecular formula is C22H38FIN6O2. The summed E-state index contributed by atoms with van der Waals surface area (Å²) in [5, 5.41) is 8.95. The quantitative estimate of drug-likeness (QED) is 0.205. The Hall–Kier alpha value is -1.82. The first kappa shape index (κ1) is 28.2. The molecule has 0 aliphatic carbocycles. The van der Waals surface area contributed by atoms with Crippen LogP contribution in [0.5, 0.6) is 0 Å². The Morgan fingerprint density at radius 3 is 2.34 bits per heavy atom.